The van der Waals surface area contributed by atoms with Crippen molar-refractivity contribution in [2.45, 2.75) is 211 Å². The number of ether oxygens (including phenoxy) is 4. The molecule has 1 aliphatic heterocycles. The van der Waals surface area contributed by atoms with Crippen molar-refractivity contribution in [3.8, 4) is 0 Å². The van der Waals surface area contributed by atoms with Gasteiger partial charge in [0.2, 0.25) is 0 Å². The molecule has 6 atom stereocenters. The van der Waals surface area contributed by atoms with E-state index in [1.165, 1.54) is 83.5 Å². The van der Waals surface area contributed by atoms with Gasteiger partial charge in [0.05, 0.1) is 19.8 Å². The van der Waals surface area contributed by atoms with Gasteiger partial charge >= 0.3 is 5.97 Å². The molecule has 0 spiro atoms. The Bertz CT molecular complexity index is 1050. The summed E-state index contributed by atoms with van der Waals surface area (Å²) >= 11 is 0. The van der Waals surface area contributed by atoms with Crippen LogP contribution < -0.4 is 0 Å². The van der Waals surface area contributed by atoms with E-state index in [2.05, 4.69) is 74.6 Å². The number of rotatable bonds is 38. The molecule has 0 aromatic rings. The van der Waals surface area contributed by atoms with Gasteiger partial charge in [0, 0.05) is 13.0 Å². The van der Waals surface area contributed by atoms with E-state index in [0.29, 0.717) is 13.0 Å². The van der Waals surface area contributed by atoms with E-state index in [1.807, 2.05) is 0 Å². The van der Waals surface area contributed by atoms with Gasteiger partial charge in [0.15, 0.2) is 6.29 Å². The molecule has 1 heterocycles. The van der Waals surface area contributed by atoms with Crippen molar-refractivity contribution >= 4 is 5.97 Å². The predicted molar refractivity (Wildman–Crippen MR) is 233 cm³/mol. The molecule has 9 heteroatoms. The Morgan fingerprint density at radius 3 is 1.58 bits per heavy atom. The van der Waals surface area contributed by atoms with E-state index in [1.54, 1.807) is 0 Å². The van der Waals surface area contributed by atoms with Crippen LogP contribution in [0.2, 0.25) is 0 Å². The summed E-state index contributed by atoms with van der Waals surface area (Å²) in [6, 6.07) is 0. The molecule has 0 radical (unpaired) electrons. The largest absolute Gasteiger partial charge is 0.457 e. The van der Waals surface area contributed by atoms with E-state index in [9.17, 15) is 25.2 Å². The molecule has 0 aliphatic carbocycles. The fourth-order valence-corrected chi connectivity index (χ4v) is 6.64. The summed E-state index contributed by atoms with van der Waals surface area (Å²) in [5.41, 5.74) is 0. The number of hydrogen-bond donors (Lipinski definition) is 4. The lowest BCUT2D eigenvalue weighted by atomic mass is 9.99. The predicted octanol–water partition coefficient (Wildman–Crippen LogP) is 10.3. The van der Waals surface area contributed by atoms with Gasteiger partial charge in [-0.25, -0.2) is 0 Å². The molecular weight excluding hydrogens is 721 g/mol. The van der Waals surface area contributed by atoms with Crippen LogP contribution in [0.25, 0.3) is 0 Å². The van der Waals surface area contributed by atoms with E-state index < -0.39 is 43.4 Å². The smallest absolute Gasteiger partial charge is 0.306 e. The highest BCUT2D eigenvalue weighted by atomic mass is 16.7. The minimum absolute atomic E-state index is 0.115. The molecule has 330 valence electrons. The Labute approximate surface area is 347 Å². The number of hydrogen-bond acceptors (Lipinski definition) is 9. The molecule has 0 amide bonds. The summed E-state index contributed by atoms with van der Waals surface area (Å²) in [4.78, 5) is 12.8. The van der Waals surface area contributed by atoms with Gasteiger partial charge in [0.25, 0.3) is 0 Å². The highest BCUT2D eigenvalue weighted by molar-refractivity contribution is 5.69. The summed E-state index contributed by atoms with van der Waals surface area (Å²) in [5.74, 6) is -0.329. The van der Waals surface area contributed by atoms with Crippen molar-refractivity contribution in [3.05, 3.63) is 60.8 Å². The maximum atomic E-state index is 12.8. The van der Waals surface area contributed by atoms with Crippen molar-refractivity contribution in [2.24, 2.45) is 0 Å². The quantitative estimate of drug-likeness (QED) is 0.0273. The number of carbonyl (C=O) groups excluding carboxylic acids is 1. The summed E-state index contributed by atoms with van der Waals surface area (Å²) in [7, 11) is 0. The summed E-state index contributed by atoms with van der Waals surface area (Å²) in [6.45, 7) is 4.34. The van der Waals surface area contributed by atoms with Crippen LogP contribution in [0.1, 0.15) is 174 Å². The molecule has 57 heavy (non-hydrogen) atoms. The zero-order valence-electron chi connectivity index (χ0n) is 36.1. The fraction of sp³-hybridized carbons (Fsp3) is 0.771. The minimum atomic E-state index is -1.55. The molecule has 1 fully saturated rings. The van der Waals surface area contributed by atoms with Gasteiger partial charge in [-0.05, 0) is 57.8 Å². The average molecular weight is 805 g/mol. The number of carbonyl (C=O) groups is 1. The van der Waals surface area contributed by atoms with Crippen LogP contribution in [0.3, 0.4) is 0 Å². The second-order valence-corrected chi connectivity index (χ2v) is 15.5. The highest BCUT2D eigenvalue weighted by Gasteiger charge is 2.44. The standard InChI is InChI=1S/C48H84O9/c1-3-5-7-9-11-13-15-17-19-21-22-24-26-28-30-32-34-36-38-54-40-42(41-55-48-47(53)46(52)45(51)43(39-49)57-48)56-44(50)37-35-33-31-29-27-25-23-20-18-16-14-12-10-8-6-4-2/h5,7,11,13,17,19,22,24,28,30,42-43,45-49,51-53H,3-4,6,8-10,12,14-16,18,20-21,23,25-27,29,31-41H2,1-2H3/b7-5-,13-11-,19-17-,24-22-,30-28-. The van der Waals surface area contributed by atoms with Crippen molar-refractivity contribution in [1.82, 2.24) is 0 Å². The molecule has 4 N–H and O–H groups in total. The lowest BCUT2D eigenvalue weighted by Gasteiger charge is -2.39. The first kappa shape index (κ1) is 52.9. The Balaban J connectivity index is 2.30. The maximum absolute atomic E-state index is 12.8. The minimum Gasteiger partial charge on any atom is -0.457 e. The van der Waals surface area contributed by atoms with E-state index in [-0.39, 0.29) is 19.2 Å². The molecule has 0 bridgehead atoms. The molecule has 1 aliphatic rings. The Morgan fingerprint density at radius 1 is 0.579 bits per heavy atom. The van der Waals surface area contributed by atoms with Crippen molar-refractivity contribution in [2.75, 3.05) is 26.4 Å². The second-order valence-electron chi connectivity index (χ2n) is 15.5. The SMILES string of the molecule is CC/C=C\C/C=C\C/C=C\C/C=C\C/C=C\CCCCOCC(COC1OC(CO)C(O)C(O)C1O)OC(=O)CCCCCCCCCCCCCCCCCC. The number of unbranched alkanes of at least 4 members (excludes halogenated alkanes) is 17. The van der Waals surface area contributed by atoms with Gasteiger partial charge in [-0.2, -0.15) is 0 Å². The van der Waals surface area contributed by atoms with Crippen LogP contribution in [0.15, 0.2) is 60.8 Å². The molecule has 9 nitrogen and oxygen atoms in total. The van der Waals surface area contributed by atoms with Crippen LogP contribution >= 0.6 is 0 Å². The summed E-state index contributed by atoms with van der Waals surface area (Å²) < 4.78 is 22.8. The van der Waals surface area contributed by atoms with E-state index in [4.69, 9.17) is 18.9 Å². The zero-order chi connectivity index (χ0) is 41.4. The van der Waals surface area contributed by atoms with Crippen molar-refractivity contribution in [1.29, 1.82) is 0 Å². The van der Waals surface area contributed by atoms with Gasteiger partial charge in [0.1, 0.15) is 30.5 Å². The first-order valence-electron chi connectivity index (χ1n) is 22.9. The van der Waals surface area contributed by atoms with Crippen LogP contribution in [0.4, 0.5) is 0 Å². The van der Waals surface area contributed by atoms with E-state index in [0.717, 1.165) is 70.6 Å². The van der Waals surface area contributed by atoms with Gasteiger partial charge in [-0.15, -0.1) is 0 Å². The van der Waals surface area contributed by atoms with Crippen LogP contribution in [0.5, 0.6) is 0 Å². The monoisotopic (exact) mass is 805 g/mol. The third-order valence-corrected chi connectivity index (χ3v) is 10.2. The molecule has 6 unspecified atom stereocenters. The average Bonchev–Trinajstić information content (AvgIpc) is 3.21. The molecule has 0 aromatic heterocycles. The topological polar surface area (TPSA) is 135 Å². The van der Waals surface area contributed by atoms with Gasteiger partial charge in [-0.3, -0.25) is 4.79 Å². The first-order chi connectivity index (χ1) is 27.9. The van der Waals surface area contributed by atoms with Crippen LogP contribution in [0, 0.1) is 0 Å². The van der Waals surface area contributed by atoms with Crippen LogP contribution in [-0.4, -0.2) is 89.6 Å². The first-order valence-corrected chi connectivity index (χ1v) is 22.9. The Morgan fingerprint density at radius 2 is 1.07 bits per heavy atom. The molecule has 1 rings (SSSR count). The molecule has 1 saturated heterocycles. The Kier molecular flexibility index (Phi) is 36.5. The normalized spacial score (nSPS) is 21.0. The van der Waals surface area contributed by atoms with Gasteiger partial charge in [-0.1, -0.05) is 171 Å². The third-order valence-electron chi connectivity index (χ3n) is 10.2. The number of esters is 1. The lowest BCUT2D eigenvalue weighted by molar-refractivity contribution is -0.305. The fourth-order valence-electron chi connectivity index (χ4n) is 6.64. The van der Waals surface area contributed by atoms with Gasteiger partial charge < -0.3 is 39.4 Å². The molecule has 0 saturated carbocycles. The summed E-state index contributed by atoms with van der Waals surface area (Å²) in [5, 5.41) is 40.1. The van der Waals surface area contributed by atoms with Crippen molar-refractivity contribution in [3.63, 3.8) is 0 Å². The van der Waals surface area contributed by atoms with Crippen molar-refractivity contribution < 1.29 is 44.2 Å². The molecule has 0 aromatic carbocycles. The van der Waals surface area contributed by atoms with E-state index >= 15 is 0 Å². The highest BCUT2D eigenvalue weighted by Crippen LogP contribution is 2.22. The maximum Gasteiger partial charge on any atom is 0.306 e. The summed E-state index contributed by atoms with van der Waals surface area (Å²) in [6.07, 6.45) is 42.5. The number of aliphatic hydroxyl groups is 4. The van der Waals surface area contributed by atoms with Crippen LogP contribution in [-0.2, 0) is 23.7 Å². The lowest BCUT2D eigenvalue weighted by Crippen LogP contribution is -2.59. The number of aliphatic hydroxyl groups excluding tert-OH is 4. The zero-order valence-corrected chi connectivity index (χ0v) is 36.1. The Hall–Kier alpha value is -2.11. The second kappa shape index (κ2) is 39.4. The third kappa shape index (κ3) is 30.6. The number of allylic oxidation sites excluding steroid dienone is 10. The molecular formula is C48H84O9.